The van der Waals surface area contributed by atoms with Gasteiger partial charge in [-0.25, -0.2) is 8.42 Å². The standard InChI is InChI=1S/C29H32BrCl2N3O4S/c1-4-20(2)33-29(37)26(17-21-10-6-5-7-11-21)34(18-22-12-8-13-23(30)16-22)27(36)19-35(40(3,38)39)25-15-9-14-24(31)28(25)32/h5-16,20,26H,4,17-19H2,1-3H3,(H,33,37)/t20-,26-/m1/s1. The van der Waals surface area contributed by atoms with Crippen LogP contribution in [0.1, 0.15) is 31.4 Å². The first-order valence-corrected chi connectivity index (χ1v) is 16.1. The van der Waals surface area contributed by atoms with E-state index in [0.29, 0.717) is 6.42 Å². The van der Waals surface area contributed by atoms with E-state index < -0.39 is 28.5 Å². The molecule has 0 bridgehead atoms. The largest absolute Gasteiger partial charge is 0.352 e. The van der Waals surface area contributed by atoms with Gasteiger partial charge in [-0.3, -0.25) is 13.9 Å². The summed E-state index contributed by atoms with van der Waals surface area (Å²) in [6.45, 7) is 3.35. The van der Waals surface area contributed by atoms with Gasteiger partial charge < -0.3 is 10.2 Å². The van der Waals surface area contributed by atoms with Crippen LogP contribution in [0.4, 0.5) is 5.69 Å². The van der Waals surface area contributed by atoms with Crippen LogP contribution in [0.5, 0.6) is 0 Å². The number of halogens is 3. The maximum Gasteiger partial charge on any atom is 0.244 e. The van der Waals surface area contributed by atoms with Gasteiger partial charge in [-0.05, 0) is 48.7 Å². The van der Waals surface area contributed by atoms with Crippen LogP contribution in [-0.4, -0.2) is 50.0 Å². The lowest BCUT2D eigenvalue weighted by atomic mass is 10.0. The molecule has 3 rings (SSSR count). The van der Waals surface area contributed by atoms with E-state index >= 15 is 0 Å². The Balaban J connectivity index is 2.09. The lowest BCUT2D eigenvalue weighted by Crippen LogP contribution is -2.54. The van der Waals surface area contributed by atoms with Gasteiger partial charge in [-0.1, -0.05) is 94.6 Å². The molecule has 0 saturated heterocycles. The average Bonchev–Trinajstić information content (AvgIpc) is 2.90. The summed E-state index contributed by atoms with van der Waals surface area (Å²) in [5, 5.41) is 3.17. The van der Waals surface area contributed by atoms with Crippen LogP contribution in [0, 0.1) is 0 Å². The molecule has 0 fully saturated rings. The zero-order chi connectivity index (χ0) is 29.4. The number of nitrogens with one attached hydrogen (secondary N) is 1. The SMILES string of the molecule is CC[C@@H](C)NC(=O)[C@@H](Cc1ccccc1)N(Cc1cccc(Br)c1)C(=O)CN(c1cccc(Cl)c1Cl)S(C)(=O)=O. The van der Waals surface area contributed by atoms with Crippen LogP contribution in [-0.2, 0) is 32.6 Å². The summed E-state index contributed by atoms with van der Waals surface area (Å²) in [5.41, 5.74) is 1.71. The Kier molecular flexibility index (Phi) is 11.5. The number of benzene rings is 3. The fraction of sp³-hybridized carbons (Fsp3) is 0.310. The normalized spacial score (nSPS) is 12.8. The van der Waals surface area contributed by atoms with Crippen molar-refractivity contribution >= 4 is 66.7 Å². The summed E-state index contributed by atoms with van der Waals surface area (Å²) in [7, 11) is -3.96. The highest BCUT2D eigenvalue weighted by molar-refractivity contribution is 9.10. The first kappa shape index (κ1) is 31.9. The van der Waals surface area contributed by atoms with E-state index in [4.69, 9.17) is 23.2 Å². The van der Waals surface area contributed by atoms with Gasteiger partial charge in [0.1, 0.15) is 12.6 Å². The molecule has 3 aromatic carbocycles. The third-order valence-corrected chi connectivity index (χ3v) is 8.82. The summed E-state index contributed by atoms with van der Waals surface area (Å²) < 4.78 is 27.5. The third kappa shape index (κ3) is 8.70. The summed E-state index contributed by atoms with van der Waals surface area (Å²) >= 11 is 16.0. The summed E-state index contributed by atoms with van der Waals surface area (Å²) in [6.07, 6.45) is 1.94. The molecule has 0 saturated carbocycles. The predicted octanol–water partition coefficient (Wildman–Crippen LogP) is 6.08. The molecule has 11 heteroatoms. The molecule has 0 aliphatic carbocycles. The molecule has 0 heterocycles. The van der Waals surface area contributed by atoms with Crippen molar-refractivity contribution in [1.82, 2.24) is 10.2 Å². The number of amides is 2. The van der Waals surface area contributed by atoms with Crippen molar-refractivity contribution in [3.63, 3.8) is 0 Å². The minimum atomic E-state index is -3.96. The van der Waals surface area contributed by atoms with E-state index in [0.717, 1.165) is 26.2 Å². The number of carbonyl (C=O) groups excluding carboxylic acids is 2. The van der Waals surface area contributed by atoms with E-state index in [1.165, 1.54) is 17.0 Å². The van der Waals surface area contributed by atoms with Gasteiger partial charge in [0.2, 0.25) is 21.8 Å². The maximum absolute atomic E-state index is 14.1. The Bertz CT molecular complexity index is 1440. The number of hydrogen-bond donors (Lipinski definition) is 1. The van der Waals surface area contributed by atoms with Crippen LogP contribution < -0.4 is 9.62 Å². The minimum absolute atomic E-state index is 0.0104. The van der Waals surface area contributed by atoms with E-state index in [9.17, 15) is 18.0 Å². The van der Waals surface area contributed by atoms with Crippen molar-refractivity contribution < 1.29 is 18.0 Å². The van der Waals surface area contributed by atoms with Gasteiger partial charge in [0, 0.05) is 23.5 Å². The van der Waals surface area contributed by atoms with Crippen LogP contribution in [0.25, 0.3) is 0 Å². The van der Waals surface area contributed by atoms with Gasteiger partial charge in [0.25, 0.3) is 0 Å². The molecule has 0 unspecified atom stereocenters. The average molecular weight is 669 g/mol. The first-order valence-electron chi connectivity index (χ1n) is 12.7. The van der Waals surface area contributed by atoms with E-state index in [2.05, 4.69) is 21.2 Å². The van der Waals surface area contributed by atoms with Crippen LogP contribution >= 0.6 is 39.1 Å². The smallest absolute Gasteiger partial charge is 0.244 e. The highest BCUT2D eigenvalue weighted by atomic mass is 79.9. The molecule has 2 amide bonds. The van der Waals surface area contributed by atoms with Gasteiger partial charge in [-0.15, -0.1) is 0 Å². The minimum Gasteiger partial charge on any atom is -0.352 e. The molecule has 7 nitrogen and oxygen atoms in total. The fourth-order valence-electron chi connectivity index (χ4n) is 4.11. The zero-order valence-corrected chi connectivity index (χ0v) is 26.4. The number of anilines is 1. The highest BCUT2D eigenvalue weighted by Gasteiger charge is 2.34. The zero-order valence-electron chi connectivity index (χ0n) is 22.5. The predicted molar refractivity (Wildman–Crippen MR) is 165 cm³/mol. The number of hydrogen-bond acceptors (Lipinski definition) is 4. The molecule has 0 aromatic heterocycles. The molecule has 0 aliphatic heterocycles. The molecule has 0 radical (unpaired) electrons. The topological polar surface area (TPSA) is 86.8 Å². The monoisotopic (exact) mass is 667 g/mol. The maximum atomic E-state index is 14.1. The van der Waals surface area contributed by atoms with Gasteiger partial charge in [0.15, 0.2) is 0 Å². The Morgan fingerprint density at radius 1 is 0.975 bits per heavy atom. The number of rotatable bonds is 12. The van der Waals surface area contributed by atoms with Crippen LogP contribution in [0.3, 0.4) is 0 Å². The number of sulfonamides is 1. The van der Waals surface area contributed by atoms with E-state index in [1.54, 1.807) is 6.07 Å². The Morgan fingerprint density at radius 2 is 1.62 bits per heavy atom. The number of carbonyl (C=O) groups is 2. The van der Waals surface area contributed by atoms with Gasteiger partial charge in [0.05, 0.1) is 22.0 Å². The molecular formula is C29H32BrCl2N3O4S. The van der Waals surface area contributed by atoms with Crippen molar-refractivity contribution in [2.24, 2.45) is 0 Å². The summed E-state index contributed by atoms with van der Waals surface area (Å²) in [4.78, 5) is 29.2. The highest BCUT2D eigenvalue weighted by Crippen LogP contribution is 2.34. The third-order valence-electron chi connectivity index (χ3n) is 6.39. The lowest BCUT2D eigenvalue weighted by molar-refractivity contribution is -0.140. The van der Waals surface area contributed by atoms with Crippen molar-refractivity contribution in [3.05, 3.63) is 98.4 Å². The van der Waals surface area contributed by atoms with Crippen molar-refractivity contribution in [3.8, 4) is 0 Å². The van der Waals surface area contributed by atoms with Crippen LogP contribution in [0.2, 0.25) is 10.0 Å². The van der Waals surface area contributed by atoms with Crippen molar-refractivity contribution in [2.45, 2.75) is 45.3 Å². The fourth-order valence-corrected chi connectivity index (χ4v) is 5.86. The summed E-state index contributed by atoms with van der Waals surface area (Å²) in [5.74, 6) is -0.894. The van der Waals surface area contributed by atoms with E-state index in [1.807, 2.05) is 68.4 Å². The van der Waals surface area contributed by atoms with E-state index in [-0.39, 0.29) is 40.6 Å². The second-order valence-corrected chi connectivity index (χ2v) is 13.1. The second-order valence-electron chi connectivity index (χ2n) is 9.52. The molecule has 40 heavy (non-hydrogen) atoms. The van der Waals surface area contributed by atoms with Gasteiger partial charge >= 0.3 is 0 Å². The quantitative estimate of drug-likeness (QED) is 0.254. The van der Waals surface area contributed by atoms with Crippen molar-refractivity contribution in [1.29, 1.82) is 0 Å². The molecule has 3 aromatic rings. The Morgan fingerprint density at radius 3 is 2.25 bits per heavy atom. The Hall–Kier alpha value is -2.59. The second kappa shape index (κ2) is 14.3. The molecule has 0 aliphatic rings. The number of nitrogens with zero attached hydrogens (tertiary/aromatic N) is 2. The molecule has 0 spiro atoms. The first-order chi connectivity index (χ1) is 18.9. The molecule has 214 valence electrons. The molecular weight excluding hydrogens is 637 g/mol. The lowest BCUT2D eigenvalue weighted by Gasteiger charge is -2.34. The summed E-state index contributed by atoms with van der Waals surface area (Å²) in [6, 6.07) is 20.3. The van der Waals surface area contributed by atoms with Crippen LogP contribution in [0.15, 0.2) is 77.3 Å². The molecule has 1 N–H and O–H groups in total. The Labute approximate surface area is 254 Å². The molecule has 2 atom stereocenters. The van der Waals surface area contributed by atoms with Crippen molar-refractivity contribution in [2.75, 3.05) is 17.1 Å². The van der Waals surface area contributed by atoms with Gasteiger partial charge in [-0.2, -0.15) is 0 Å².